The van der Waals surface area contributed by atoms with Crippen molar-refractivity contribution < 1.29 is 4.79 Å². The molecule has 9 heteroatoms. The normalized spacial score (nSPS) is 14.3. The molecule has 0 radical (unpaired) electrons. The van der Waals surface area contributed by atoms with Gasteiger partial charge in [0.2, 0.25) is 5.82 Å². The minimum atomic E-state index is -0.337. The molecule has 0 aliphatic heterocycles. The van der Waals surface area contributed by atoms with Crippen LogP contribution in [-0.2, 0) is 13.0 Å². The standard InChI is InChI=1S/C26H29N7O2/c1-2-8-23-29-33(25(34)20-9-4-3-5-10-20)26(35)32(23)17-18-13-15-19(16-14-18)21-11-6-7-12-22(21)24-27-30-31-28-24/h6-7,11-16,20H,2-5,8-10,17H2,1H3,(H,27,28,30,31). The Kier molecular flexibility index (Phi) is 6.65. The van der Waals surface area contributed by atoms with Crippen LogP contribution in [0.1, 0.15) is 61.6 Å². The zero-order valence-electron chi connectivity index (χ0n) is 19.9. The van der Waals surface area contributed by atoms with E-state index in [1.165, 1.54) is 0 Å². The Morgan fingerprint density at radius 1 is 1.03 bits per heavy atom. The van der Waals surface area contributed by atoms with Crippen LogP contribution in [0, 0.1) is 5.92 Å². The van der Waals surface area contributed by atoms with E-state index in [-0.39, 0.29) is 17.5 Å². The van der Waals surface area contributed by atoms with Gasteiger partial charge in [0.05, 0.1) is 6.54 Å². The number of hydrogen-bond acceptors (Lipinski definition) is 6. The highest BCUT2D eigenvalue weighted by molar-refractivity contribution is 5.81. The molecule has 4 aromatic rings. The Bertz CT molecular complexity index is 1350. The smallest absolute Gasteiger partial charge is 0.274 e. The molecular formula is C26H29N7O2. The number of benzene rings is 2. The SMILES string of the molecule is CCCc1nn(C(=O)C2CCCCC2)c(=O)n1Cc1ccc(-c2ccccc2-c2nn[nH]n2)cc1. The predicted octanol–water partition coefficient (Wildman–Crippen LogP) is 4.11. The molecule has 180 valence electrons. The van der Waals surface area contributed by atoms with Crippen molar-refractivity contribution in [2.45, 2.75) is 58.4 Å². The molecule has 1 aliphatic carbocycles. The zero-order chi connectivity index (χ0) is 24.2. The van der Waals surface area contributed by atoms with E-state index in [4.69, 9.17) is 0 Å². The van der Waals surface area contributed by atoms with Gasteiger partial charge in [-0.1, -0.05) is 74.7 Å². The lowest BCUT2D eigenvalue weighted by Crippen LogP contribution is -2.35. The summed E-state index contributed by atoms with van der Waals surface area (Å²) < 4.78 is 2.77. The minimum absolute atomic E-state index is 0.0992. The fourth-order valence-corrected chi connectivity index (χ4v) is 4.85. The molecule has 1 saturated carbocycles. The second-order valence-electron chi connectivity index (χ2n) is 9.10. The van der Waals surface area contributed by atoms with Gasteiger partial charge >= 0.3 is 5.69 Å². The van der Waals surface area contributed by atoms with Crippen LogP contribution in [0.3, 0.4) is 0 Å². The molecule has 2 aromatic heterocycles. The first-order valence-electron chi connectivity index (χ1n) is 12.3. The van der Waals surface area contributed by atoms with Crippen LogP contribution in [0.2, 0.25) is 0 Å². The van der Waals surface area contributed by atoms with Gasteiger partial charge in [-0.15, -0.1) is 20.0 Å². The van der Waals surface area contributed by atoms with Gasteiger partial charge in [0, 0.05) is 17.9 Å². The number of hydrogen-bond donors (Lipinski definition) is 1. The summed E-state index contributed by atoms with van der Waals surface area (Å²) in [6.07, 6.45) is 6.41. The second-order valence-corrected chi connectivity index (χ2v) is 9.10. The van der Waals surface area contributed by atoms with Crippen molar-refractivity contribution in [3.05, 3.63) is 70.4 Å². The molecule has 0 saturated heterocycles. The quantitative estimate of drug-likeness (QED) is 0.434. The van der Waals surface area contributed by atoms with Crippen molar-refractivity contribution in [1.29, 1.82) is 0 Å². The van der Waals surface area contributed by atoms with Gasteiger partial charge in [0.1, 0.15) is 5.82 Å². The van der Waals surface area contributed by atoms with Crippen molar-refractivity contribution >= 4 is 5.91 Å². The maximum atomic E-state index is 13.2. The lowest BCUT2D eigenvalue weighted by Gasteiger charge is -2.19. The van der Waals surface area contributed by atoms with Crippen molar-refractivity contribution in [2.24, 2.45) is 5.92 Å². The third kappa shape index (κ3) is 4.71. The van der Waals surface area contributed by atoms with Crippen LogP contribution < -0.4 is 5.69 Å². The van der Waals surface area contributed by atoms with E-state index in [0.717, 1.165) is 65.5 Å². The average Bonchev–Trinajstić information content (AvgIpc) is 3.54. The van der Waals surface area contributed by atoms with Gasteiger partial charge in [-0.05, 0) is 41.2 Å². The first-order chi connectivity index (χ1) is 17.2. The van der Waals surface area contributed by atoms with Crippen LogP contribution in [0.15, 0.2) is 53.3 Å². The Morgan fingerprint density at radius 3 is 2.46 bits per heavy atom. The molecule has 0 spiro atoms. The molecule has 0 amide bonds. The summed E-state index contributed by atoms with van der Waals surface area (Å²) in [5.74, 6) is 0.945. The molecule has 0 bridgehead atoms. The Balaban J connectivity index is 1.42. The molecule has 9 nitrogen and oxygen atoms in total. The second kappa shape index (κ2) is 10.2. The highest BCUT2D eigenvalue weighted by atomic mass is 16.2. The van der Waals surface area contributed by atoms with Crippen LogP contribution in [-0.4, -0.2) is 40.9 Å². The number of aryl methyl sites for hydroxylation is 1. The highest BCUT2D eigenvalue weighted by Gasteiger charge is 2.27. The number of aromatic nitrogens is 7. The number of carbonyl (C=O) groups is 1. The van der Waals surface area contributed by atoms with E-state index in [1.54, 1.807) is 4.57 Å². The lowest BCUT2D eigenvalue weighted by atomic mass is 9.89. The monoisotopic (exact) mass is 471 g/mol. The van der Waals surface area contributed by atoms with Gasteiger partial charge in [-0.2, -0.15) is 5.21 Å². The number of rotatable bonds is 7. The van der Waals surface area contributed by atoms with Gasteiger partial charge in [-0.25, -0.2) is 4.79 Å². The molecular weight excluding hydrogens is 442 g/mol. The van der Waals surface area contributed by atoms with Gasteiger partial charge in [0.25, 0.3) is 5.91 Å². The maximum absolute atomic E-state index is 13.2. The van der Waals surface area contributed by atoms with Crippen LogP contribution in [0.25, 0.3) is 22.5 Å². The largest absolute Gasteiger partial charge is 0.353 e. The van der Waals surface area contributed by atoms with Crippen molar-refractivity contribution in [3.63, 3.8) is 0 Å². The third-order valence-corrected chi connectivity index (χ3v) is 6.69. The van der Waals surface area contributed by atoms with Crippen molar-refractivity contribution in [3.8, 4) is 22.5 Å². The topological polar surface area (TPSA) is 111 Å². The summed E-state index contributed by atoms with van der Waals surface area (Å²) in [6, 6.07) is 16.0. The Labute approximate surface area is 203 Å². The van der Waals surface area contributed by atoms with E-state index in [9.17, 15) is 9.59 Å². The number of nitrogens with one attached hydrogen (secondary N) is 1. The Hall–Kier alpha value is -3.88. The molecule has 1 N–H and O–H groups in total. The molecule has 35 heavy (non-hydrogen) atoms. The average molecular weight is 472 g/mol. The summed E-state index contributed by atoms with van der Waals surface area (Å²) in [6.45, 7) is 2.42. The molecule has 2 heterocycles. The van der Waals surface area contributed by atoms with Gasteiger partial charge in [0.15, 0.2) is 0 Å². The number of carbonyl (C=O) groups excluding carboxylic acids is 1. The van der Waals surface area contributed by atoms with E-state index in [1.807, 2.05) is 55.5 Å². The zero-order valence-corrected chi connectivity index (χ0v) is 19.9. The summed E-state index contributed by atoms with van der Waals surface area (Å²) in [5.41, 5.74) is 3.53. The summed E-state index contributed by atoms with van der Waals surface area (Å²) in [4.78, 5) is 26.3. The first kappa shape index (κ1) is 22.9. The number of tetrazole rings is 1. The van der Waals surface area contributed by atoms with Gasteiger partial charge < -0.3 is 0 Å². The number of H-pyrrole nitrogens is 1. The van der Waals surface area contributed by atoms with Crippen LogP contribution in [0.4, 0.5) is 0 Å². The predicted molar refractivity (Wildman–Crippen MR) is 132 cm³/mol. The van der Waals surface area contributed by atoms with E-state index < -0.39 is 0 Å². The molecule has 1 fully saturated rings. The summed E-state index contributed by atoms with van der Waals surface area (Å²) in [7, 11) is 0. The van der Waals surface area contributed by atoms with Gasteiger partial charge in [-0.3, -0.25) is 9.36 Å². The molecule has 2 aromatic carbocycles. The number of aromatic amines is 1. The highest BCUT2D eigenvalue weighted by Crippen LogP contribution is 2.30. The first-order valence-corrected chi connectivity index (χ1v) is 12.3. The molecule has 0 atom stereocenters. The van der Waals surface area contributed by atoms with Crippen LogP contribution >= 0.6 is 0 Å². The summed E-state index contributed by atoms with van der Waals surface area (Å²) in [5, 5.41) is 18.9. The van der Waals surface area contributed by atoms with E-state index >= 15 is 0 Å². The number of nitrogens with zero attached hydrogens (tertiary/aromatic N) is 6. The molecule has 0 unspecified atom stereocenters. The minimum Gasteiger partial charge on any atom is -0.274 e. The third-order valence-electron chi connectivity index (χ3n) is 6.69. The summed E-state index contributed by atoms with van der Waals surface area (Å²) >= 11 is 0. The molecule has 5 rings (SSSR count). The lowest BCUT2D eigenvalue weighted by molar-refractivity contribution is 0.0778. The fourth-order valence-electron chi connectivity index (χ4n) is 4.85. The Morgan fingerprint density at radius 2 is 1.77 bits per heavy atom. The van der Waals surface area contributed by atoms with Crippen molar-refractivity contribution in [1.82, 2.24) is 35.0 Å². The van der Waals surface area contributed by atoms with E-state index in [0.29, 0.717) is 24.6 Å². The van der Waals surface area contributed by atoms with Crippen molar-refractivity contribution in [2.75, 3.05) is 0 Å². The van der Waals surface area contributed by atoms with Crippen LogP contribution in [0.5, 0.6) is 0 Å². The molecule has 1 aliphatic rings. The fraction of sp³-hybridized carbons (Fsp3) is 0.385. The van der Waals surface area contributed by atoms with E-state index in [2.05, 4.69) is 25.7 Å². The maximum Gasteiger partial charge on any atom is 0.353 e.